The van der Waals surface area contributed by atoms with E-state index < -0.39 is 0 Å². The highest BCUT2D eigenvalue weighted by Crippen LogP contribution is 2.25. The quantitative estimate of drug-likeness (QED) is 0.285. The Morgan fingerprint density at radius 1 is 1.14 bits per heavy atom. The van der Waals surface area contributed by atoms with Crippen molar-refractivity contribution in [2.45, 2.75) is 51.9 Å². The average molecular weight is 387 g/mol. The van der Waals surface area contributed by atoms with Gasteiger partial charge in [0.15, 0.2) is 6.29 Å². The van der Waals surface area contributed by atoms with Gasteiger partial charge in [-0.05, 0) is 66.1 Å². The van der Waals surface area contributed by atoms with E-state index in [2.05, 4.69) is 42.1 Å². The van der Waals surface area contributed by atoms with Crippen LogP contribution in [0.15, 0.2) is 54.7 Å². The van der Waals surface area contributed by atoms with Crippen LogP contribution in [-0.2, 0) is 12.8 Å². The first-order valence-corrected chi connectivity index (χ1v) is 10.6. The summed E-state index contributed by atoms with van der Waals surface area (Å²) in [5, 5.41) is 2.03. The van der Waals surface area contributed by atoms with E-state index in [1.807, 2.05) is 30.5 Å². The summed E-state index contributed by atoms with van der Waals surface area (Å²) in [6.45, 7) is 2.27. The number of aryl methyl sites for hydroxylation is 2. The lowest BCUT2D eigenvalue weighted by Gasteiger charge is -2.16. The van der Waals surface area contributed by atoms with E-state index in [0.29, 0.717) is 11.1 Å². The highest BCUT2D eigenvalue weighted by molar-refractivity contribution is 6.00. The van der Waals surface area contributed by atoms with Crippen molar-refractivity contribution in [3.63, 3.8) is 0 Å². The molecule has 1 aromatic heterocycles. The standard InChI is InChI=1S/C27H29NO.H2.H/c1-3-8-21(12-16-25-11-5-6-18-28-25)9-7-10-22-13-17-26-24(19-22)15-14-23(4-2)27(26)20-29;;/h2,5-6,11,13-15,17-21H,3,7-10,12,16H2,1H3;1H;. The fourth-order valence-electron chi connectivity index (χ4n) is 4.15. The minimum absolute atomic E-state index is 0. The second-order valence-electron chi connectivity index (χ2n) is 7.75. The maximum absolute atomic E-state index is 11.5. The van der Waals surface area contributed by atoms with Gasteiger partial charge in [0.2, 0.25) is 0 Å². The van der Waals surface area contributed by atoms with Crippen molar-refractivity contribution < 1.29 is 7.65 Å². The van der Waals surface area contributed by atoms with Crippen LogP contribution in [0.2, 0.25) is 0 Å². The topological polar surface area (TPSA) is 30.0 Å². The van der Waals surface area contributed by atoms with E-state index in [0.717, 1.165) is 35.8 Å². The van der Waals surface area contributed by atoms with Crippen LogP contribution in [0.1, 0.15) is 69.1 Å². The molecule has 3 aromatic rings. The Kier molecular flexibility index (Phi) is 7.59. The predicted octanol–water partition coefficient (Wildman–Crippen LogP) is 6.76. The van der Waals surface area contributed by atoms with Crippen LogP contribution in [0.4, 0.5) is 0 Å². The lowest BCUT2D eigenvalue weighted by atomic mass is 9.90. The van der Waals surface area contributed by atoms with Gasteiger partial charge in [0.25, 0.3) is 0 Å². The van der Waals surface area contributed by atoms with Crippen molar-refractivity contribution in [1.29, 1.82) is 0 Å². The van der Waals surface area contributed by atoms with Gasteiger partial charge in [0.1, 0.15) is 0 Å². The third-order valence-electron chi connectivity index (χ3n) is 5.71. The Bertz CT molecular complexity index is 995. The van der Waals surface area contributed by atoms with Crippen LogP contribution in [-0.4, -0.2) is 11.3 Å². The molecule has 2 aromatic carbocycles. The molecular weight excluding hydrogens is 354 g/mol. The minimum Gasteiger partial charge on any atom is -0.298 e. The number of benzene rings is 2. The normalized spacial score (nSPS) is 11.9. The van der Waals surface area contributed by atoms with Gasteiger partial charge < -0.3 is 0 Å². The van der Waals surface area contributed by atoms with Gasteiger partial charge in [-0.25, -0.2) is 0 Å². The molecule has 0 aliphatic carbocycles. The number of hydrogen-bond donors (Lipinski definition) is 0. The zero-order chi connectivity index (χ0) is 20.5. The van der Waals surface area contributed by atoms with Crippen molar-refractivity contribution in [3.05, 3.63) is 77.1 Å². The van der Waals surface area contributed by atoms with Gasteiger partial charge in [-0.1, -0.05) is 62.4 Å². The van der Waals surface area contributed by atoms with Crippen molar-refractivity contribution in [1.82, 2.24) is 4.98 Å². The molecule has 0 aliphatic rings. The molecule has 0 saturated carbocycles. The van der Waals surface area contributed by atoms with Crippen LogP contribution >= 0.6 is 0 Å². The Labute approximate surface area is 177 Å². The first-order chi connectivity index (χ1) is 14.2. The summed E-state index contributed by atoms with van der Waals surface area (Å²) >= 11 is 0. The molecule has 0 bridgehead atoms. The average Bonchev–Trinajstić information content (AvgIpc) is 2.77. The number of aldehydes is 1. The molecular formula is C27H32NO. The van der Waals surface area contributed by atoms with Gasteiger partial charge in [0.05, 0.1) is 0 Å². The molecule has 0 N–H and O–H groups in total. The van der Waals surface area contributed by atoms with E-state index >= 15 is 0 Å². The smallest absolute Gasteiger partial charge is 0.151 e. The number of hydrogen-bond acceptors (Lipinski definition) is 2. The largest absolute Gasteiger partial charge is 0.298 e. The Morgan fingerprint density at radius 3 is 2.76 bits per heavy atom. The van der Waals surface area contributed by atoms with E-state index in [-0.39, 0.29) is 2.85 Å². The number of nitrogens with zero attached hydrogens (tertiary/aromatic N) is 1. The maximum Gasteiger partial charge on any atom is 0.151 e. The van der Waals surface area contributed by atoms with Crippen LogP contribution < -0.4 is 0 Å². The molecule has 0 fully saturated rings. The summed E-state index contributed by atoms with van der Waals surface area (Å²) in [4.78, 5) is 15.9. The SMILES string of the molecule is C#Cc1ccc2cc(CCCC(CCC)CCc3ccccn3)ccc2c1C=O.[HH].[H]. The number of aromatic nitrogens is 1. The zero-order valence-corrected chi connectivity index (χ0v) is 17.2. The number of carbonyl (C=O) groups excluding carboxylic acids is 1. The van der Waals surface area contributed by atoms with Crippen LogP contribution in [0, 0.1) is 18.3 Å². The van der Waals surface area contributed by atoms with Gasteiger partial charge >= 0.3 is 0 Å². The molecule has 29 heavy (non-hydrogen) atoms. The third-order valence-corrected chi connectivity index (χ3v) is 5.71. The maximum atomic E-state index is 11.5. The number of pyridine rings is 1. The Balaban J connectivity index is 0.00000240. The predicted molar refractivity (Wildman–Crippen MR) is 124 cm³/mol. The molecule has 1 heterocycles. The van der Waals surface area contributed by atoms with Crippen molar-refractivity contribution in [2.75, 3.05) is 0 Å². The highest BCUT2D eigenvalue weighted by atomic mass is 16.1. The number of terminal acetylenes is 1. The lowest BCUT2D eigenvalue weighted by Crippen LogP contribution is -2.04. The van der Waals surface area contributed by atoms with Crippen LogP contribution in [0.3, 0.4) is 0 Å². The number of carbonyl (C=O) groups is 1. The molecule has 1 atom stereocenters. The monoisotopic (exact) mass is 386 g/mol. The molecule has 151 valence electrons. The first kappa shape index (κ1) is 20.8. The van der Waals surface area contributed by atoms with Crippen molar-refractivity contribution in [3.8, 4) is 12.3 Å². The molecule has 0 spiro atoms. The zero-order valence-electron chi connectivity index (χ0n) is 18.2. The number of fused-ring (bicyclic) bond motifs is 1. The summed E-state index contributed by atoms with van der Waals surface area (Å²) in [5.41, 5.74) is 3.80. The molecule has 1 unspecified atom stereocenters. The molecule has 0 saturated heterocycles. The second-order valence-corrected chi connectivity index (χ2v) is 7.75. The molecule has 2 heteroatoms. The van der Waals surface area contributed by atoms with Crippen molar-refractivity contribution >= 4 is 17.1 Å². The van der Waals surface area contributed by atoms with E-state index in [4.69, 9.17) is 6.42 Å². The lowest BCUT2D eigenvalue weighted by molar-refractivity contribution is 0.112. The van der Waals surface area contributed by atoms with Crippen LogP contribution in [0.5, 0.6) is 0 Å². The second kappa shape index (κ2) is 10.6. The van der Waals surface area contributed by atoms with Crippen LogP contribution in [0.25, 0.3) is 10.8 Å². The van der Waals surface area contributed by atoms with Gasteiger partial charge in [-0.15, -0.1) is 6.42 Å². The first-order valence-electron chi connectivity index (χ1n) is 10.6. The highest BCUT2D eigenvalue weighted by Gasteiger charge is 2.10. The fourth-order valence-corrected chi connectivity index (χ4v) is 4.15. The van der Waals surface area contributed by atoms with Crippen molar-refractivity contribution in [2.24, 2.45) is 5.92 Å². The van der Waals surface area contributed by atoms with Gasteiger partial charge in [0, 0.05) is 25.9 Å². The summed E-state index contributed by atoms with van der Waals surface area (Å²) < 4.78 is 0. The Morgan fingerprint density at radius 2 is 2.03 bits per heavy atom. The number of rotatable bonds is 10. The fraction of sp³-hybridized carbons (Fsp3) is 0.333. The summed E-state index contributed by atoms with van der Waals surface area (Å²) in [5.74, 6) is 3.35. The van der Waals surface area contributed by atoms with Gasteiger partial charge in [-0.3, -0.25) is 9.78 Å². The summed E-state index contributed by atoms with van der Waals surface area (Å²) in [7, 11) is 0. The Hall–Kier alpha value is -2.92. The molecule has 3 rings (SSSR count). The minimum atomic E-state index is 0. The molecule has 2 nitrogen and oxygen atoms in total. The van der Waals surface area contributed by atoms with Gasteiger partial charge in [-0.2, -0.15) is 0 Å². The molecule has 0 amide bonds. The molecule has 0 aliphatic heterocycles. The summed E-state index contributed by atoms with van der Waals surface area (Å²) in [6, 6.07) is 16.4. The molecule has 1 radical (unpaired) electrons. The van der Waals surface area contributed by atoms with E-state index in [1.165, 1.54) is 43.4 Å². The van der Waals surface area contributed by atoms with E-state index in [1.54, 1.807) is 0 Å². The van der Waals surface area contributed by atoms with E-state index in [9.17, 15) is 4.79 Å². The third kappa shape index (κ3) is 5.55. The summed E-state index contributed by atoms with van der Waals surface area (Å²) in [6.07, 6.45) is 16.5.